The number of nitro groups is 1. The van der Waals surface area contributed by atoms with E-state index >= 15 is 0 Å². The summed E-state index contributed by atoms with van der Waals surface area (Å²) in [4.78, 5) is 34.2. The minimum absolute atomic E-state index is 0.0518. The second kappa shape index (κ2) is 8.15. The lowest BCUT2D eigenvalue weighted by atomic mass is 10.1. The molecule has 0 aliphatic rings. The fourth-order valence-electron chi connectivity index (χ4n) is 2.04. The summed E-state index contributed by atoms with van der Waals surface area (Å²) in [7, 11) is 0. The minimum Gasteiger partial charge on any atom is -0.451 e. The Morgan fingerprint density at radius 2 is 1.54 bits per heavy atom. The summed E-state index contributed by atoms with van der Waals surface area (Å²) in [5.41, 5.74) is 0.0170. The first-order valence-electron chi connectivity index (χ1n) is 7.32. The maximum atomic E-state index is 12.2. The van der Waals surface area contributed by atoms with Gasteiger partial charge < -0.3 is 9.47 Å². The van der Waals surface area contributed by atoms with Gasteiger partial charge in [0, 0.05) is 17.7 Å². The molecule has 2 aromatic rings. The van der Waals surface area contributed by atoms with Crippen LogP contribution >= 0.6 is 0 Å². The first kappa shape index (κ1) is 19.0. The molecule has 0 saturated heterocycles. The van der Waals surface area contributed by atoms with Crippen LogP contribution in [0.5, 0.6) is 5.75 Å². The van der Waals surface area contributed by atoms with E-state index in [0.717, 1.165) is 12.1 Å². The van der Waals surface area contributed by atoms with Crippen molar-refractivity contribution in [2.45, 2.75) is 19.6 Å². The molecule has 0 aliphatic carbocycles. The highest BCUT2D eigenvalue weighted by Crippen LogP contribution is 2.18. The number of esters is 1. The summed E-state index contributed by atoms with van der Waals surface area (Å²) < 4.78 is 33.4. The lowest BCUT2D eigenvalue weighted by Crippen LogP contribution is -2.24. The average molecular weight is 365 g/mol. The van der Waals surface area contributed by atoms with E-state index in [0.29, 0.717) is 0 Å². The molecule has 0 saturated carbocycles. The molecular formula is C17H13F2NO6. The smallest absolute Gasteiger partial charge is 0.387 e. The average Bonchev–Trinajstić information content (AvgIpc) is 2.61. The zero-order chi connectivity index (χ0) is 19.3. The Bertz CT molecular complexity index is 805. The Morgan fingerprint density at radius 3 is 2.04 bits per heavy atom. The van der Waals surface area contributed by atoms with E-state index in [4.69, 9.17) is 4.74 Å². The normalized spacial score (nSPS) is 11.7. The van der Waals surface area contributed by atoms with E-state index in [1.165, 1.54) is 43.3 Å². The SMILES string of the molecule is C[C@@H](OC(=O)c1ccc([N+](=O)[O-])cc1)C(=O)c1ccc(OC(F)F)cc1. The van der Waals surface area contributed by atoms with Crippen molar-refractivity contribution in [3.05, 3.63) is 69.8 Å². The number of alkyl halides is 2. The summed E-state index contributed by atoms with van der Waals surface area (Å²) in [6.07, 6.45) is -1.14. The van der Waals surface area contributed by atoms with Gasteiger partial charge in [-0.1, -0.05) is 0 Å². The Hall–Kier alpha value is -3.36. The van der Waals surface area contributed by atoms with Crippen LogP contribution < -0.4 is 4.74 Å². The molecule has 0 amide bonds. The molecule has 0 spiro atoms. The molecular weight excluding hydrogens is 352 g/mol. The number of non-ortho nitro benzene ring substituents is 1. The van der Waals surface area contributed by atoms with Gasteiger partial charge in [0.2, 0.25) is 5.78 Å². The molecule has 26 heavy (non-hydrogen) atoms. The summed E-state index contributed by atoms with van der Waals surface area (Å²) in [6.45, 7) is -1.62. The Kier molecular flexibility index (Phi) is 5.94. The van der Waals surface area contributed by atoms with Crippen LogP contribution in [0.4, 0.5) is 14.5 Å². The first-order chi connectivity index (χ1) is 12.3. The third-order valence-corrected chi connectivity index (χ3v) is 3.33. The summed E-state index contributed by atoms with van der Waals surface area (Å²) in [5, 5.41) is 10.6. The molecule has 0 aromatic heterocycles. The van der Waals surface area contributed by atoms with E-state index in [9.17, 15) is 28.5 Å². The van der Waals surface area contributed by atoms with Gasteiger partial charge in [0.25, 0.3) is 5.69 Å². The van der Waals surface area contributed by atoms with Gasteiger partial charge in [-0.25, -0.2) is 4.79 Å². The third-order valence-electron chi connectivity index (χ3n) is 3.33. The molecule has 0 unspecified atom stereocenters. The zero-order valence-corrected chi connectivity index (χ0v) is 13.4. The molecule has 0 N–H and O–H groups in total. The predicted octanol–water partition coefficient (Wildman–Crippen LogP) is 3.62. The van der Waals surface area contributed by atoms with Crippen molar-refractivity contribution < 1.29 is 32.8 Å². The lowest BCUT2D eigenvalue weighted by molar-refractivity contribution is -0.384. The first-order valence-corrected chi connectivity index (χ1v) is 7.32. The summed E-state index contributed by atoms with van der Waals surface area (Å²) >= 11 is 0. The molecule has 136 valence electrons. The van der Waals surface area contributed by atoms with Gasteiger partial charge in [-0.2, -0.15) is 8.78 Å². The number of halogens is 2. The molecule has 7 nitrogen and oxygen atoms in total. The number of nitrogens with zero attached hydrogens (tertiary/aromatic N) is 1. The minimum atomic E-state index is -2.97. The number of benzene rings is 2. The highest BCUT2D eigenvalue weighted by Gasteiger charge is 2.21. The van der Waals surface area contributed by atoms with Crippen LogP contribution in [0.15, 0.2) is 48.5 Å². The molecule has 0 heterocycles. The van der Waals surface area contributed by atoms with Crippen LogP contribution in [0.3, 0.4) is 0 Å². The van der Waals surface area contributed by atoms with Crippen molar-refractivity contribution in [2.75, 3.05) is 0 Å². The molecule has 0 aliphatic heterocycles. The van der Waals surface area contributed by atoms with Gasteiger partial charge >= 0.3 is 12.6 Å². The van der Waals surface area contributed by atoms with Crippen LogP contribution in [0.25, 0.3) is 0 Å². The number of rotatable bonds is 7. The zero-order valence-electron chi connectivity index (χ0n) is 13.4. The molecule has 0 radical (unpaired) electrons. The predicted molar refractivity (Wildman–Crippen MR) is 85.4 cm³/mol. The lowest BCUT2D eigenvalue weighted by Gasteiger charge is -2.13. The van der Waals surface area contributed by atoms with Crippen molar-refractivity contribution in [2.24, 2.45) is 0 Å². The van der Waals surface area contributed by atoms with Gasteiger partial charge in [0.05, 0.1) is 10.5 Å². The number of nitro benzene ring substituents is 1. The van der Waals surface area contributed by atoms with E-state index in [2.05, 4.69) is 4.74 Å². The molecule has 2 rings (SSSR count). The van der Waals surface area contributed by atoms with Crippen molar-refractivity contribution in [1.29, 1.82) is 0 Å². The van der Waals surface area contributed by atoms with Crippen molar-refractivity contribution in [3.63, 3.8) is 0 Å². The van der Waals surface area contributed by atoms with Crippen LogP contribution in [-0.4, -0.2) is 29.4 Å². The summed E-state index contributed by atoms with van der Waals surface area (Å²) in [6, 6.07) is 9.67. The number of carbonyl (C=O) groups excluding carboxylic acids is 2. The highest BCUT2D eigenvalue weighted by molar-refractivity contribution is 6.01. The van der Waals surface area contributed by atoms with Crippen molar-refractivity contribution >= 4 is 17.4 Å². The number of hydrogen-bond acceptors (Lipinski definition) is 6. The number of ether oxygens (including phenoxy) is 2. The van der Waals surface area contributed by atoms with E-state index in [1.54, 1.807) is 0 Å². The van der Waals surface area contributed by atoms with Crippen LogP contribution in [0.2, 0.25) is 0 Å². The summed E-state index contributed by atoms with van der Waals surface area (Å²) in [5.74, 6) is -1.46. The molecule has 0 bridgehead atoms. The Labute approximate surface area is 146 Å². The second-order valence-electron chi connectivity index (χ2n) is 5.12. The fraction of sp³-hybridized carbons (Fsp3) is 0.176. The van der Waals surface area contributed by atoms with E-state index in [-0.39, 0.29) is 22.6 Å². The van der Waals surface area contributed by atoms with Gasteiger partial charge in [-0.05, 0) is 43.3 Å². The molecule has 1 atom stereocenters. The molecule has 2 aromatic carbocycles. The molecule has 9 heteroatoms. The van der Waals surface area contributed by atoms with Crippen molar-refractivity contribution in [3.8, 4) is 5.75 Å². The van der Waals surface area contributed by atoms with Crippen molar-refractivity contribution in [1.82, 2.24) is 0 Å². The molecule has 0 fully saturated rings. The number of Topliss-reactive ketones (excluding diaryl/α,β-unsaturated/α-hetero) is 1. The monoisotopic (exact) mass is 365 g/mol. The second-order valence-corrected chi connectivity index (χ2v) is 5.12. The fourth-order valence-corrected chi connectivity index (χ4v) is 2.04. The van der Waals surface area contributed by atoms with Gasteiger partial charge in [-0.3, -0.25) is 14.9 Å². The van der Waals surface area contributed by atoms with Gasteiger partial charge in [0.15, 0.2) is 6.10 Å². The Morgan fingerprint density at radius 1 is 1.00 bits per heavy atom. The topological polar surface area (TPSA) is 95.7 Å². The standard InChI is InChI=1S/C17H13F2NO6/c1-10(15(21)11-4-8-14(9-5-11)26-17(18)19)25-16(22)12-2-6-13(7-3-12)20(23)24/h2-10,17H,1H3/t10-/m1/s1. The van der Waals surface area contributed by atoms with Gasteiger partial charge in [0.1, 0.15) is 5.75 Å². The van der Waals surface area contributed by atoms with Crippen LogP contribution in [0.1, 0.15) is 27.6 Å². The van der Waals surface area contributed by atoms with Crippen LogP contribution in [0, 0.1) is 10.1 Å². The maximum absolute atomic E-state index is 12.2. The van der Waals surface area contributed by atoms with E-state index < -0.39 is 29.4 Å². The third kappa shape index (κ3) is 4.82. The Balaban J connectivity index is 2.01. The maximum Gasteiger partial charge on any atom is 0.387 e. The number of hydrogen-bond donors (Lipinski definition) is 0. The number of ketones is 1. The quantitative estimate of drug-likeness (QED) is 0.322. The van der Waals surface area contributed by atoms with Gasteiger partial charge in [-0.15, -0.1) is 0 Å². The van der Waals surface area contributed by atoms with Crippen LogP contribution in [-0.2, 0) is 4.74 Å². The largest absolute Gasteiger partial charge is 0.451 e. The highest BCUT2D eigenvalue weighted by atomic mass is 19.3. The number of carbonyl (C=O) groups is 2. The van der Waals surface area contributed by atoms with E-state index in [1.807, 2.05) is 0 Å².